The standard InChI is InChI=1S/C22H27NO3/c1-25-15-20-16-26-13-10-22(20)8-11-23(12-9-22)21(24)19-7-6-17-4-2-3-5-18(17)14-19/h2-7,14,20H,8-13,15-16H2,1H3/t20-/m1/s1. The van der Waals surface area contributed by atoms with Gasteiger partial charge >= 0.3 is 0 Å². The average Bonchev–Trinajstić information content (AvgIpc) is 2.70. The molecule has 2 aromatic carbocycles. The lowest BCUT2D eigenvalue weighted by atomic mass is 9.66. The van der Waals surface area contributed by atoms with Crippen LogP contribution in [-0.2, 0) is 9.47 Å². The maximum absolute atomic E-state index is 13.0. The SMILES string of the molecule is COC[C@@H]1COCCC12CCN(C(=O)c1ccc3ccccc3c1)CC2. The molecule has 2 aliphatic heterocycles. The van der Waals surface area contributed by atoms with Gasteiger partial charge in [0.15, 0.2) is 0 Å². The van der Waals surface area contributed by atoms with E-state index in [1.807, 2.05) is 35.2 Å². The van der Waals surface area contributed by atoms with Crippen LogP contribution in [0.2, 0.25) is 0 Å². The summed E-state index contributed by atoms with van der Waals surface area (Å²) >= 11 is 0. The number of methoxy groups -OCH3 is 1. The number of ether oxygens (including phenoxy) is 2. The fourth-order valence-electron chi connectivity index (χ4n) is 4.63. The Hall–Kier alpha value is -1.91. The molecule has 0 radical (unpaired) electrons. The predicted octanol–water partition coefficient (Wildman–Crippen LogP) is 3.75. The smallest absolute Gasteiger partial charge is 0.253 e. The number of hydrogen-bond donors (Lipinski definition) is 0. The molecule has 1 amide bonds. The topological polar surface area (TPSA) is 38.8 Å². The minimum absolute atomic E-state index is 0.154. The van der Waals surface area contributed by atoms with E-state index >= 15 is 0 Å². The van der Waals surface area contributed by atoms with Gasteiger partial charge in [0.2, 0.25) is 0 Å². The van der Waals surface area contributed by atoms with Crippen molar-refractivity contribution in [3.05, 3.63) is 48.0 Å². The summed E-state index contributed by atoms with van der Waals surface area (Å²) in [6.45, 7) is 4.02. The molecular weight excluding hydrogens is 326 g/mol. The molecule has 0 unspecified atom stereocenters. The molecule has 2 saturated heterocycles. The van der Waals surface area contributed by atoms with Crippen LogP contribution in [0, 0.1) is 11.3 Å². The number of piperidine rings is 1. The van der Waals surface area contributed by atoms with Gasteiger partial charge in [0.1, 0.15) is 0 Å². The lowest BCUT2D eigenvalue weighted by Crippen LogP contribution is -2.50. The van der Waals surface area contributed by atoms with Crippen molar-refractivity contribution in [3.8, 4) is 0 Å². The highest BCUT2D eigenvalue weighted by Crippen LogP contribution is 2.45. The normalized spacial score (nSPS) is 22.7. The molecule has 1 atom stereocenters. The Balaban J connectivity index is 1.47. The first kappa shape index (κ1) is 17.5. The summed E-state index contributed by atoms with van der Waals surface area (Å²) in [5, 5.41) is 2.29. The van der Waals surface area contributed by atoms with E-state index in [1.165, 1.54) is 5.39 Å². The van der Waals surface area contributed by atoms with Crippen molar-refractivity contribution in [3.63, 3.8) is 0 Å². The van der Waals surface area contributed by atoms with Crippen LogP contribution in [0.4, 0.5) is 0 Å². The summed E-state index contributed by atoms with van der Waals surface area (Å²) in [7, 11) is 1.76. The van der Waals surface area contributed by atoms with Gasteiger partial charge in [0, 0.05) is 38.3 Å². The Morgan fingerprint density at radius 3 is 2.69 bits per heavy atom. The second-order valence-electron chi connectivity index (χ2n) is 7.69. The van der Waals surface area contributed by atoms with E-state index in [0.717, 1.165) is 63.1 Å². The average molecular weight is 353 g/mol. The van der Waals surface area contributed by atoms with Crippen molar-refractivity contribution in [1.82, 2.24) is 4.90 Å². The van der Waals surface area contributed by atoms with E-state index in [4.69, 9.17) is 9.47 Å². The highest BCUT2D eigenvalue weighted by molar-refractivity contribution is 5.98. The van der Waals surface area contributed by atoms with Crippen LogP contribution in [0.25, 0.3) is 10.8 Å². The van der Waals surface area contributed by atoms with Crippen molar-refractivity contribution in [2.75, 3.05) is 40.0 Å². The summed E-state index contributed by atoms with van der Waals surface area (Å²) in [5.41, 5.74) is 1.06. The summed E-state index contributed by atoms with van der Waals surface area (Å²) < 4.78 is 11.1. The van der Waals surface area contributed by atoms with E-state index in [1.54, 1.807) is 7.11 Å². The number of fused-ring (bicyclic) bond motifs is 1. The van der Waals surface area contributed by atoms with Gasteiger partial charge < -0.3 is 14.4 Å². The molecule has 2 heterocycles. The summed E-state index contributed by atoms with van der Waals surface area (Å²) in [5.74, 6) is 0.597. The zero-order valence-electron chi connectivity index (χ0n) is 15.4. The van der Waals surface area contributed by atoms with Crippen LogP contribution in [-0.4, -0.2) is 50.8 Å². The minimum Gasteiger partial charge on any atom is -0.384 e. The van der Waals surface area contributed by atoms with Gasteiger partial charge in [-0.15, -0.1) is 0 Å². The number of amides is 1. The molecule has 2 fully saturated rings. The number of hydrogen-bond acceptors (Lipinski definition) is 3. The van der Waals surface area contributed by atoms with E-state index in [-0.39, 0.29) is 11.3 Å². The molecule has 4 heteroatoms. The van der Waals surface area contributed by atoms with Crippen LogP contribution in [0.15, 0.2) is 42.5 Å². The molecule has 1 spiro atoms. The molecule has 0 saturated carbocycles. The summed E-state index contributed by atoms with van der Waals surface area (Å²) in [4.78, 5) is 15.0. The number of rotatable bonds is 3. The first-order chi connectivity index (χ1) is 12.7. The lowest BCUT2D eigenvalue weighted by Gasteiger charge is -2.48. The Morgan fingerprint density at radius 2 is 1.92 bits per heavy atom. The molecule has 0 aromatic heterocycles. The van der Waals surface area contributed by atoms with Gasteiger partial charge in [-0.2, -0.15) is 0 Å². The van der Waals surface area contributed by atoms with Crippen LogP contribution in [0.1, 0.15) is 29.6 Å². The van der Waals surface area contributed by atoms with Gasteiger partial charge in [-0.25, -0.2) is 0 Å². The maximum atomic E-state index is 13.0. The molecule has 2 aromatic rings. The monoisotopic (exact) mass is 353 g/mol. The van der Waals surface area contributed by atoms with Gasteiger partial charge in [-0.05, 0) is 47.6 Å². The number of likely N-dealkylation sites (tertiary alicyclic amines) is 1. The lowest BCUT2D eigenvalue weighted by molar-refractivity contribution is -0.0912. The fraction of sp³-hybridized carbons (Fsp3) is 0.500. The molecule has 4 rings (SSSR count). The Bertz CT molecular complexity index is 778. The third kappa shape index (κ3) is 3.24. The Morgan fingerprint density at radius 1 is 1.15 bits per heavy atom. The first-order valence-corrected chi connectivity index (χ1v) is 9.57. The van der Waals surface area contributed by atoms with E-state index in [0.29, 0.717) is 5.92 Å². The highest BCUT2D eigenvalue weighted by atomic mass is 16.5. The van der Waals surface area contributed by atoms with Crippen molar-refractivity contribution in [2.45, 2.75) is 19.3 Å². The first-order valence-electron chi connectivity index (χ1n) is 9.57. The van der Waals surface area contributed by atoms with Crippen LogP contribution in [0.5, 0.6) is 0 Å². The highest BCUT2D eigenvalue weighted by Gasteiger charge is 2.44. The largest absolute Gasteiger partial charge is 0.384 e. The maximum Gasteiger partial charge on any atom is 0.253 e. The summed E-state index contributed by atoms with van der Waals surface area (Å²) in [6, 6.07) is 14.2. The number of carbonyl (C=O) groups excluding carboxylic acids is 1. The Labute approximate surface area is 155 Å². The van der Waals surface area contributed by atoms with Crippen molar-refractivity contribution in [2.24, 2.45) is 11.3 Å². The van der Waals surface area contributed by atoms with Gasteiger partial charge in [-0.3, -0.25) is 4.79 Å². The Kier molecular flexibility index (Phi) is 4.96. The molecule has 26 heavy (non-hydrogen) atoms. The van der Waals surface area contributed by atoms with Crippen molar-refractivity contribution >= 4 is 16.7 Å². The zero-order valence-corrected chi connectivity index (χ0v) is 15.4. The van der Waals surface area contributed by atoms with Crippen LogP contribution < -0.4 is 0 Å². The van der Waals surface area contributed by atoms with E-state index in [9.17, 15) is 4.79 Å². The number of benzene rings is 2. The second kappa shape index (κ2) is 7.37. The third-order valence-corrected chi connectivity index (χ3v) is 6.34. The molecule has 4 nitrogen and oxygen atoms in total. The molecular formula is C22H27NO3. The quantitative estimate of drug-likeness (QED) is 0.844. The molecule has 0 bridgehead atoms. The summed E-state index contributed by atoms with van der Waals surface area (Å²) in [6.07, 6.45) is 3.17. The molecule has 2 aliphatic rings. The third-order valence-electron chi connectivity index (χ3n) is 6.34. The van der Waals surface area contributed by atoms with Gasteiger partial charge in [0.05, 0.1) is 13.2 Å². The minimum atomic E-state index is 0.154. The number of nitrogens with zero attached hydrogens (tertiary/aromatic N) is 1. The van der Waals surface area contributed by atoms with Gasteiger partial charge in [-0.1, -0.05) is 30.3 Å². The molecule has 138 valence electrons. The predicted molar refractivity (Wildman–Crippen MR) is 102 cm³/mol. The second-order valence-corrected chi connectivity index (χ2v) is 7.69. The van der Waals surface area contributed by atoms with Crippen LogP contribution in [0.3, 0.4) is 0 Å². The van der Waals surface area contributed by atoms with Crippen molar-refractivity contribution in [1.29, 1.82) is 0 Å². The van der Waals surface area contributed by atoms with E-state index in [2.05, 4.69) is 12.1 Å². The molecule has 0 aliphatic carbocycles. The van der Waals surface area contributed by atoms with Crippen LogP contribution >= 0.6 is 0 Å². The zero-order chi connectivity index (χ0) is 18.0. The fourth-order valence-corrected chi connectivity index (χ4v) is 4.63. The number of carbonyl (C=O) groups is 1. The molecule has 0 N–H and O–H groups in total. The van der Waals surface area contributed by atoms with E-state index < -0.39 is 0 Å². The van der Waals surface area contributed by atoms with Gasteiger partial charge in [0.25, 0.3) is 5.91 Å². The van der Waals surface area contributed by atoms with Crippen molar-refractivity contribution < 1.29 is 14.3 Å².